The van der Waals surface area contributed by atoms with Crippen molar-refractivity contribution >= 4 is 5.57 Å². The van der Waals surface area contributed by atoms with E-state index in [0.29, 0.717) is 5.92 Å². The quantitative estimate of drug-likeness (QED) is 0.632. The Kier molecular flexibility index (Phi) is 2.01. The van der Waals surface area contributed by atoms with Gasteiger partial charge in [-0.05, 0) is 30.5 Å². The molecular formula is C12H13N. The molecule has 0 N–H and O–H groups in total. The van der Waals surface area contributed by atoms with E-state index in [1.54, 1.807) is 0 Å². The predicted octanol–water partition coefficient (Wildman–Crippen LogP) is 3.06. The van der Waals surface area contributed by atoms with E-state index < -0.39 is 0 Å². The van der Waals surface area contributed by atoms with Gasteiger partial charge in [-0.1, -0.05) is 30.7 Å². The van der Waals surface area contributed by atoms with Crippen LogP contribution in [0.1, 0.15) is 19.5 Å². The van der Waals surface area contributed by atoms with E-state index >= 15 is 0 Å². The molecule has 1 aromatic rings. The first kappa shape index (κ1) is 8.24. The van der Waals surface area contributed by atoms with Gasteiger partial charge >= 0.3 is 0 Å². The average molecular weight is 171 g/mol. The fraction of sp³-hybridized carbons (Fsp3) is 0.250. The molecule has 1 unspecified atom stereocenters. The number of rotatable bonds is 1. The fourth-order valence-electron chi connectivity index (χ4n) is 1.57. The molecule has 66 valence electrons. The van der Waals surface area contributed by atoms with E-state index in [4.69, 9.17) is 0 Å². The van der Waals surface area contributed by atoms with Crippen LogP contribution >= 0.6 is 0 Å². The zero-order valence-electron chi connectivity index (χ0n) is 7.99. The van der Waals surface area contributed by atoms with Gasteiger partial charge in [0.1, 0.15) is 0 Å². The Morgan fingerprint density at radius 1 is 1.31 bits per heavy atom. The smallest absolute Gasteiger partial charge is 0.0701 e. The number of hydrogen-bond acceptors (Lipinski definition) is 1. The van der Waals surface area contributed by atoms with Gasteiger partial charge in [-0.25, -0.2) is 0 Å². The molecule has 0 bridgehead atoms. The number of pyridine rings is 1. The SMILES string of the molecule is CC1=C(c2ccccn2)C=CC1C. The zero-order valence-corrected chi connectivity index (χ0v) is 7.99. The van der Waals surface area contributed by atoms with Crippen molar-refractivity contribution in [2.24, 2.45) is 5.92 Å². The zero-order chi connectivity index (χ0) is 9.26. The van der Waals surface area contributed by atoms with Crippen LogP contribution in [-0.4, -0.2) is 4.98 Å². The van der Waals surface area contributed by atoms with Crippen LogP contribution in [-0.2, 0) is 0 Å². The van der Waals surface area contributed by atoms with Gasteiger partial charge in [-0.3, -0.25) is 4.98 Å². The highest BCUT2D eigenvalue weighted by molar-refractivity contribution is 5.77. The van der Waals surface area contributed by atoms with Crippen molar-refractivity contribution in [1.29, 1.82) is 0 Å². The minimum Gasteiger partial charge on any atom is -0.256 e. The van der Waals surface area contributed by atoms with Gasteiger partial charge in [-0.15, -0.1) is 0 Å². The van der Waals surface area contributed by atoms with Crippen molar-refractivity contribution in [3.8, 4) is 0 Å². The lowest BCUT2D eigenvalue weighted by Crippen LogP contribution is -1.90. The molecule has 1 nitrogen and oxygen atoms in total. The molecular weight excluding hydrogens is 158 g/mol. The second-order valence-electron chi connectivity index (χ2n) is 3.46. The van der Waals surface area contributed by atoms with Crippen LogP contribution < -0.4 is 0 Å². The van der Waals surface area contributed by atoms with Crippen molar-refractivity contribution in [1.82, 2.24) is 4.98 Å². The summed E-state index contributed by atoms with van der Waals surface area (Å²) in [5.41, 5.74) is 3.78. The molecule has 0 amide bonds. The average Bonchev–Trinajstić information content (AvgIpc) is 2.49. The third kappa shape index (κ3) is 1.42. The first-order chi connectivity index (χ1) is 6.29. The summed E-state index contributed by atoms with van der Waals surface area (Å²) in [6.45, 7) is 4.39. The van der Waals surface area contributed by atoms with Crippen molar-refractivity contribution < 1.29 is 0 Å². The molecule has 0 radical (unpaired) electrons. The highest BCUT2D eigenvalue weighted by Crippen LogP contribution is 2.30. The second kappa shape index (κ2) is 3.17. The maximum Gasteiger partial charge on any atom is 0.0701 e. The number of allylic oxidation sites excluding steroid dienone is 4. The van der Waals surface area contributed by atoms with Gasteiger partial charge in [0.05, 0.1) is 5.69 Å². The Bertz CT molecular complexity index is 360. The highest BCUT2D eigenvalue weighted by Gasteiger charge is 2.13. The predicted molar refractivity (Wildman–Crippen MR) is 55.1 cm³/mol. The summed E-state index contributed by atoms with van der Waals surface area (Å²) >= 11 is 0. The van der Waals surface area contributed by atoms with Gasteiger partial charge in [0.2, 0.25) is 0 Å². The summed E-state index contributed by atoms with van der Waals surface area (Å²) in [6, 6.07) is 6.03. The molecule has 0 saturated heterocycles. The lowest BCUT2D eigenvalue weighted by atomic mass is 10.0. The van der Waals surface area contributed by atoms with E-state index in [2.05, 4.69) is 37.0 Å². The molecule has 0 aliphatic heterocycles. The van der Waals surface area contributed by atoms with Crippen LogP contribution in [0.25, 0.3) is 5.57 Å². The van der Waals surface area contributed by atoms with Gasteiger partial charge in [0.25, 0.3) is 0 Å². The minimum atomic E-state index is 0.567. The first-order valence-electron chi connectivity index (χ1n) is 4.59. The Labute approximate surface area is 78.8 Å². The lowest BCUT2D eigenvalue weighted by Gasteiger charge is -2.04. The molecule has 0 saturated carbocycles. The van der Waals surface area contributed by atoms with Crippen LogP contribution in [0.3, 0.4) is 0 Å². The van der Waals surface area contributed by atoms with E-state index in [1.165, 1.54) is 11.1 Å². The Morgan fingerprint density at radius 3 is 2.69 bits per heavy atom. The molecule has 0 spiro atoms. The molecule has 1 aromatic heterocycles. The van der Waals surface area contributed by atoms with Crippen molar-refractivity contribution in [3.63, 3.8) is 0 Å². The maximum atomic E-state index is 4.34. The largest absolute Gasteiger partial charge is 0.256 e. The second-order valence-corrected chi connectivity index (χ2v) is 3.46. The van der Waals surface area contributed by atoms with E-state index in [-0.39, 0.29) is 0 Å². The van der Waals surface area contributed by atoms with Gasteiger partial charge in [0.15, 0.2) is 0 Å². The van der Waals surface area contributed by atoms with Crippen LogP contribution in [0.2, 0.25) is 0 Å². The van der Waals surface area contributed by atoms with Crippen LogP contribution in [0.5, 0.6) is 0 Å². The molecule has 1 aliphatic rings. The molecule has 1 aliphatic carbocycles. The Balaban J connectivity index is 2.44. The fourth-order valence-corrected chi connectivity index (χ4v) is 1.57. The molecule has 1 heteroatoms. The third-order valence-corrected chi connectivity index (χ3v) is 2.60. The number of aromatic nitrogens is 1. The molecule has 13 heavy (non-hydrogen) atoms. The molecule has 0 aromatic carbocycles. The Morgan fingerprint density at radius 2 is 2.15 bits per heavy atom. The van der Waals surface area contributed by atoms with Crippen LogP contribution in [0, 0.1) is 5.92 Å². The summed E-state index contributed by atoms with van der Waals surface area (Å²) in [4.78, 5) is 4.34. The van der Waals surface area contributed by atoms with E-state index in [0.717, 1.165) is 5.69 Å². The summed E-state index contributed by atoms with van der Waals surface area (Å²) < 4.78 is 0. The van der Waals surface area contributed by atoms with Crippen molar-refractivity contribution in [3.05, 3.63) is 47.8 Å². The molecule has 1 heterocycles. The summed E-state index contributed by atoms with van der Waals surface area (Å²) in [6.07, 6.45) is 6.23. The summed E-state index contributed by atoms with van der Waals surface area (Å²) in [7, 11) is 0. The van der Waals surface area contributed by atoms with E-state index in [1.807, 2.05) is 18.3 Å². The topological polar surface area (TPSA) is 12.9 Å². The summed E-state index contributed by atoms with van der Waals surface area (Å²) in [5, 5.41) is 0. The molecule has 1 atom stereocenters. The van der Waals surface area contributed by atoms with Crippen LogP contribution in [0.15, 0.2) is 42.1 Å². The van der Waals surface area contributed by atoms with E-state index in [9.17, 15) is 0 Å². The maximum absolute atomic E-state index is 4.34. The standard InChI is InChI=1S/C12H13N/c1-9-6-7-11(10(9)2)12-5-3-4-8-13-12/h3-9H,1-2H3. The lowest BCUT2D eigenvalue weighted by molar-refractivity contribution is 0.883. The normalized spacial score (nSPS) is 21.2. The molecule has 0 fully saturated rings. The van der Waals surface area contributed by atoms with Crippen molar-refractivity contribution in [2.75, 3.05) is 0 Å². The third-order valence-electron chi connectivity index (χ3n) is 2.60. The van der Waals surface area contributed by atoms with Crippen molar-refractivity contribution in [2.45, 2.75) is 13.8 Å². The first-order valence-corrected chi connectivity index (χ1v) is 4.59. The summed E-state index contributed by atoms with van der Waals surface area (Å²) in [5.74, 6) is 0.567. The monoisotopic (exact) mass is 171 g/mol. The number of nitrogens with zero attached hydrogens (tertiary/aromatic N) is 1. The van der Waals surface area contributed by atoms with Gasteiger partial charge in [-0.2, -0.15) is 0 Å². The minimum absolute atomic E-state index is 0.567. The molecule has 2 rings (SSSR count). The van der Waals surface area contributed by atoms with Gasteiger partial charge < -0.3 is 0 Å². The Hall–Kier alpha value is -1.37. The highest BCUT2D eigenvalue weighted by atomic mass is 14.7. The van der Waals surface area contributed by atoms with Crippen LogP contribution in [0.4, 0.5) is 0 Å². The van der Waals surface area contributed by atoms with Gasteiger partial charge in [0, 0.05) is 6.20 Å². The number of hydrogen-bond donors (Lipinski definition) is 0.